The van der Waals surface area contributed by atoms with E-state index in [0.717, 1.165) is 6.39 Å². The smallest absolute Gasteiger partial charge is 0.326 e. The van der Waals surface area contributed by atoms with Gasteiger partial charge in [0.15, 0.2) is 17.3 Å². The highest BCUT2D eigenvalue weighted by atomic mass is 16.7. The Morgan fingerprint density at radius 2 is 2.55 bits per heavy atom. The molecule has 0 fully saturated rings. The van der Waals surface area contributed by atoms with Crippen LogP contribution in [0.1, 0.15) is 5.89 Å². The predicted octanol–water partition coefficient (Wildman–Crippen LogP) is -0.530. The van der Waals surface area contributed by atoms with Gasteiger partial charge in [-0.15, -0.1) is 0 Å². The first-order valence-corrected chi connectivity index (χ1v) is 2.66. The molecule has 1 heterocycles. The van der Waals surface area contributed by atoms with Gasteiger partial charge in [-0.2, -0.15) is 9.97 Å². The lowest BCUT2D eigenvalue weighted by Crippen LogP contribution is -2.14. The van der Waals surface area contributed by atoms with Crippen LogP contribution >= 0.6 is 0 Å². The summed E-state index contributed by atoms with van der Waals surface area (Å²) < 4.78 is 4.64. The zero-order valence-corrected chi connectivity index (χ0v) is 5.59. The average molecular weight is 156 g/mol. The molecule has 11 heavy (non-hydrogen) atoms. The monoisotopic (exact) mass is 156 g/mol. The molecule has 1 aromatic rings. The van der Waals surface area contributed by atoms with Gasteiger partial charge in [0, 0.05) is 6.92 Å². The van der Waals surface area contributed by atoms with E-state index >= 15 is 0 Å². The zero-order valence-electron chi connectivity index (χ0n) is 5.59. The predicted molar refractivity (Wildman–Crippen MR) is 31.6 cm³/mol. The second-order valence-corrected chi connectivity index (χ2v) is 1.62. The summed E-state index contributed by atoms with van der Waals surface area (Å²) in [6.45, 7) is 1.54. The van der Waals surface area contributed by atoms with E-state index in [1.165, 1.54) is 0 Å². The van der Waals surface area contributed by atoms with Crippen LogP contribution in [0.15, 0.2) is 15.9 Å². The van der Waals surface area contributed by atoms with Gasteiger partial charge >= 0.3 is 5.62 Å². The Balaban J connectivity index is 3.15. The van der Waals surface area contributed by atoms with Gasteiger partial charge in [-0.1, -0.05) is 0 Å². The van der Waals surface area contributed by atoms with E-state index in [9.17, 15) is 10.1 Å². The molecule has 0 N–H and O–H groups in total. The molecule has 0 aliphatic rings. The SMILES string of the molecule is Cc1nc(=N[N+](=O)[O-])nco1. The highest BCUT2D eigenvalue weighted by Crippen LogP contribution is 1.80. The lowest BCUT2D eigenvalue weighted by atomic mass is 10.8. The molecule has 1 rings (SSSR count). The second-order valence-electron chi connectivity index (χ2n) is 1.62. The van der Waals surface area contributed by atoms with Gasteiger partial charge < -0.3 is 4.42 Å². The molecule has 0 saturated heterocycles. The molecule has 0 saturated carbocycles. The Morgan fingerprint density at radius 3 is 3.09 bits per heavy atom. The highest BCUT2D eigenvalue weighted by molar-refractivity contribution is 4.65. The van der Waals surface area contributed by atoms with Crippen molar-refractivity contribution < 1.29 is 9.45 Å². The van der Waals surface area contributed by atoms with Gasteiger partial charge in [0.25, 0.3) is 0 Å². The summed E-state index contributed by atoms with van der Waals surface area (Å²) in [5.41, 5.74) is -0.209. The van der Waals surface area contributed by atoms with Gasteiger partial charge in [0.05, 0.1) is 0 Å². The first-order chi connectivity index (χ1) is 5.18. The van der Waals surface area contributed by atoms with Crippen LogP contribution in [0.5, 0.6) is 0 Å². The van der Waals surface area contributed by atoms with Crippen molar-refractivity contribution in [3.63, 3.8) is 0 Å². The molecule has 0 spiro atoms. The van der Waals surface area contributed by atoms with E-state index in [-0.39, 0.29) is 11.5 Å². The average Bonchev–Trinajstić information content (AvgIpc) is 1.85. The molecule has 0 unspecified atom stereocenters. The Bertz CT molecular complexity index is 330. The second kappa shape index (κ2) is 2.86. The molecule has 7 nitrogen and oxygen atoms in total. The minimum atomic E-state index is -0.866. The van der Waals surface area contributed by atoms with Gasteiger partial charge in [0.2, 0.25) is 0 Å². The Labute approximate surface area is 60.6 Å². The quantitative estimate of drug-likeness (QED) is 0.402. The van der Waals surface area contributed by atoms with Crippen molar-refractivity contribution in [2.24, 2.45) is 5.10 Å². The zero-order chi connectivity index (χ0) is 8.27. The standard InChI is InChI=1S/C4H4N4O3/c1-3-6-4(5-2-11-3)7-8(9)10/h2H,1H3. The number of aryl methyl sites for hydroxylation is 1. The van der Waals surface area contributed by atoms with Crippen LogP contribution < -0.4 is 5.62 Å². The van der Waals surface area contributed by atoms with Gasteiger partial charge in [0.1, 0.15) is 5.10 Å². The van der Waals surface area contributed by atoms with Crippen LogP contribution in [0, 0.1) is 17.0 Å². The molecule has 1 aromatic heterocycles. The van der Waals surface area contributed by atoms with E-state index in [1.54, 1.807) is 6.92 Å². The fourth-order valence-electron chi connectivity index (χ4n) is 0.467. The van der Waals surface area contributed by atoms with Crippen LogP contribution in [0.25, 0.3) is 0 Å². The molecule has 0 aliphatic heterocycles. The fraction of sp³-hybridized carbons (Fsp3) is 0.250. The van der Waals surface area contributed by atoms with Crippen LogP contribution in [-0.2, 0) is 0 Å². The summed E-state index contributed by atoms with van der Waals surface area (Å²) >= 11 is 0. The third-order valence-electron chi connectivity index (χ3n) is 0.820. The van der Waals surface area contributed by atoms with Crippen molar-refractivity contribution >= 4 is 0 Å². The maximum absolute atomic E-state index is 9.81. The van der Waals surface area contributed by atoms with Crippen molar-refractivity contribution in [2.45, 2.75) is 6.92 Å². The van der Waals surface area contributed by atoms with Crippen LogP contribution in [-0.4, -0.2) is 15.0 Å². The van der Waals surface area contributed by atoms with E-state index in [1.807, 2.05) is 0 Å². The maximum Gasteiger partial charge on any atom is 0.326 e. The topological polar surface area (TPSA) is 94.4 Å². The summed E-state index contributed by atoms with van der Waals surface area (Å²) in [6, 6.07) is 0. The molecule has 0 aromatic carbocycles. The minimum absolute atomic E-state index is 0.209. The highest BCUT2D eigenvalue weighted by Gasteiger charge is 1.93. The summed E-state index contributed by atoms with van der Waals surface area (Å²) in [6.07, 6.45) is 1.05. The summed E-state index contributed by atoms with van der Waals surface area (Å²) in [5, 5.41) is 11.8. The minimum Gasteiger partial charge on any atom is -0.431 e. The number of hydrogen-bond acceptors (Lipinski definition) is 5. The normalized spacial score (nSPS) is 11.5. The van der Waals surface area contributed by atoms with Crippen LogP contribution in [0.4, 0.5) is 0 Å². The Kier molecular flexibility index (Phi) is 1.90. The first-order valence-electron chi connectivity index (χ1n) is 2.66. The lowest BCUT2D eigenvalue weighted by Gasteiger charge is -1.84. The molecule has 0 amide bonds. The fourth-order valence-corrected chi connectivity index (χ4v) is 0.467. The molecule has 58 valence electrons. The first kappa shape index (κ1) is 7.32. The Hall–Kier alpha value is -1.79. The van der Waals surface area contributed by atoms with Crippen molar-refractivity contribution in [1.82, 2.24) is 9.97 Å². The summed E-state index contributed by atoms with van der Waals surface area (Å²) in [7, 11) is 0. The van der Waals surface area contributed by atoms with Crippen LogP contribution in [0.2, 0.25) is 0 Å². The number of aromatic nitrogens is 2. The Morgan fingerprint density at radius 1 is 1.82 bits per heavy atom. The third-order valence-corrected chi connectivity index (χ3v) is 0.820. The molecule has 0 bridgehead atoms. The summed E-state index contributed by atoms with van der Waals surface area (Å²) in [4.78, 5) is 16.7. The van der Waals surface area contributed by atoms with E-state index in [4.69, 9.17) is 0 Å². The number of nitro groups is 1. The molecule has 0 radical (unpaired) electrons. The number of hydrogen-bond donors (Lipinski definition) is 0. The lowest BCUT2D eigenvalue weighted by molar-refractivity contribution is -0.491. The maximum atomic E-state index is 9.81. The largest absolute Gasteiger partial charge is 0.431 e. The molecular formula is C4H4N4O3. The molecular weight excluding hydrogens is 152 g/mol. The third kappa shape index (κ3) is 2.12. The summed E-state index contributed by atoms with van der Waals surface area (Å²) in [5.74, 6) is 0.278. The van der Waals surface area contributed by atoms with Gasteiger partial charge in [-0.25, -0.2) is 10.1 Å². The van der Waals surface area contributed by atoms with Crippen molar-refractivity contribution in [1.29, 1.82) is 0 Å². The molecule has 7 heteroatoms. The van der Waals surface area contributed by atoms with Gasteiger partial charge in [-0.3, -0.25) is 0 Å². The molecule has 0 aliphatic carbocycles. The van der Waals surface area contributed by atoms with Crippen molar-refractivity contribution in [2.75, 3.05) is 0 Å². The van der Waals surface area contributed by atoms with Crippen molar-refractivity contribution in [3.05, 3.63) is 28.0 Å². The van der Waals surface area contributed by atoms with E-state index in [0.29, 0.717) is 0 Å². The van der Waals surface area contributed by atoms with Crippen LogP contribution in [0.3, 0.4) is 0 Å². The van der Waals surface area contributed by atoms with E-state index in [2.05, 4.69) is 19.5 Å². The van der Waals surface area contributed by atoms with Crippen molar-refractivity contribution in [3.8, 4) is 0 Å². The number of nitrogens with zero attached hydrogens (tertiary/aromatic N) is 4. The number of rotatable bonds is 1. The van der Waals surface area contributed by atoms with E-state index < -0.39 is 5.03 Å². The molecule has 0 atom stereocenters. The van der Waals surface area contributed by atoms with Gasteiger partial charge in [-0.05, 0) is 0 Å².